The molecule has 1 aliphatic heterocycles. The molecule has 0 bridgehead atoms. The minimum Gasteiger partial charge on any atom is -0.497 e. The first-order valence-corrected chi connectivity index (χ1v) is 11.1. The van der Waals surface area contributed by atoms with E-state index in [4.69, 9.17) is 4.74 Å². The van der Waals surface area contributed by atoms with Gasteiger partial charge >= 0.3 is 0 Å². The van der Waals surface area contributed by atoms with Crippen LogP contribution in [0.4, 0.5) is 0 Å². The smallest absolute Gasteiger partial charge is 0.274 e. The van der Waals surface area contributed by atoms with Crippen LogP contribution in [-0.4, -0.2) is 30.9 Å². The largest absolute Gasteiger partial charge is 0.497 e. The molecule has 1 N–H and O–H groups in total. The van der Waals surface area contributed by atoms with Crippen molar-refractivity contribution < 1.29 is 14.3 Å². The van der Waals surface area contributed by atoms with E-state index >= 15 is 0 Å². The molecule has 1 saturated carbocycles. The van der Waals surface area contributed by atoms with Gasteiger partial charge in [-0.3, -0.25) is 14.9 Å². The van der Waals surface area contributed by atoms with E-state index in [1.54, 1.807) is 7.11 Å². The molecule has 0 saturated heterocycles. The lowest BCUT2D eigenvalue weighted by Gasteiger charge is -2.32. The number of imide groups is 1. The van der Waals surface area contributed by atoms with Crippen LogP contribution in [0.3, 0.4) is 0 Å². The van der Waals surface area contributed by atoms with Gasteiger partial charge in [0.1, 0.15) is 11.4 Å². The van der Waals surface area contributed by atoms with Crippen LogP contribution in [0.5, 0.6) is 5.75 Å². The number of nitrogens with zero attached hydrogens (tertiary/aromatic N) is 1. The topological polar surface area (TPSA) is 58.6 Å². The number of likely N-dealkylation sites (N-methyl/N-ethyl adjacent to an activating group) is 1. The predicted octanol–water partition coefficient (Wildman–Crippen LogP) is 4.51. The third-order valence-corrected chi connectivity index (χ3v) is 6.40. The van der Waals surface area contributed by atoms with Crippen molar-refractivity contribution >= 4 is 17.4 Å². The summed E-state index contributed by atoms with van der Waals surface area (Å²) in [7, 11) is 3.53. The fourth-order valence-corrected chi connectivity index (χ4v) is 4.77. The summed E-state index contributed by atoms with van der Waals surface area (Å²) in [6.07, 6.45) is 6.17. The van der Waals surface area contributed by atoms with Crippen molar-refractivity contribution in [2.75, 3.05) is 14.2 Å². The summed E-state index contributed by atoms with van der Waals surface area (Å²) in [4.78, 5) is 27.8. The van der Waals surface area contributed by atoms with E-state index in [0.29, 0.717) is 24.6 Å². The van der Waals surface area contributed by atoms with Crippen molar-refractivity contribution in [3.63, 3.8) is 0 Å². The van der Waals surface area contributed by atoms with E-state index in [-0.39, 0.29) is 11.8 Å². The Morgan fingerprint density at radius 3 is 2.55 bits per heavy atom. The third-order valence-electron chi connectivity index (χ3n) is 6.40. The molecule has 0 spiro atoms. The minimum atomic E-state index is -0.341. The van der Waals surface area contributed by atoms with Gasteiger partial charge in [0.2, 0.25) is 5.91 Å². The second-order valence-corrected chi connectivity index (χ2v) is 8.54. The molecule has 5 nitrogen and oxygen atoms in total. The predicted molar refractivity (Wildman–Crippen MR) is 121 cm³/mol. The lowest BCUT2D eigenvalue weighted by Crippen LogP contribution is -2.39. The van der Waals surface area contributed by atoms with Crippen LogP contribution in [-0.2, 0) is 16.1 Å². The van der Waals surface area contributed by atoms with Crippen molar-refractivity contribution in [2.24, 2.45) is 5.92 Å². The normalized spacial score (nSPS) is 16.3. The maximum Gasteiger partial charge on any atom is 0.274 e. The molecule has 2 aliphatic rings. The zero-order valence-corrected chi connectivity index (χ0v) is 18.3. The molecular weight excluding hydrogens is 388 g/mol. The first-order valence-electron chi connectivity index (χ1n) is 11.1. The zero-order chi connectivity index (χ0) is 21.8. The van der Waals surface area contributed by atoms with Gasteiger partial charge < -0.3 is 9.64 Å². The Kier molecular flexibility index (Phi) is 6.40. The first kappa shape index (κ1) is 21.2. The number of ether oxygens (including phenoxy) is 1. The van der Waals surface area contributed by atoms with E-state index in [9.17, 15) is 9.59 Å². The van der Waals surface area contributed by atoms with Crippen LogP contribution < -0.4 is 10.1 Å². The Bertz CT molecular complexity index is 991. The molecule has 0 unspecified atom stereocenters. The summed E-state index contributed by atoms with van der Waals surface area (Å²) in [5, 5.41) is 2.65. The summed E-state index contributed by atoms with van der Waals surface area (Å²) in [6.45, 7) is 0.592. The van der Waals surface area contributed by atoms with E-state index in [0.717, 1.165) is 34.4 Å². The third kappa shape index (κ3) is 4.66. The Morgan fingerprint density at radius 1 is 1.10 bits per heavy atom. The average Bonchev–Trinajstić information content (AvgIpc) is 3.30. The molecule has 4 rings (SSSR count). The Hall–Kier alpha value is -3.08. The van der Waals surface area contributed by atoms with Crippen molar-refractivity contribution in [2.45, 2.75) is 45.1 Å². The van der Waals surface area contributed by atoms with Crippen LogP contribution >= 0.6 is 0 Å². The number of rotatable bonds is 6. The van der Waals surface area contributed by atoms with Crippen LogP contribution in [0, 0.1) is 5.92 Å². The summed E-state index contributed by atoms with van der Waals surface area (Å²) in [6, 6.07) is 15.8. The molecule has 5 heteroatoms. The van der Waals surface area contributed by atoms with Gasteiger partial charge in [-0.2, -0.15) is 0 Å². The zero-order valence-electron chi connectivity index (χ0n) is 18.3. The number of amides is 2. The molecule has 2 aromatic rings. The van der Waals surface area contributed by atoms with Crippen LogP contribution in [0.1, 0.15) is 55.2 Å². The summed E-state index contributed by atoms with van der Waals surface area (Å²) in [5.41, 5.74) is 4.36. The number of hydrogen-bond donors (Lipinski definition) is 1. The first-order chi connectivity index (χ1) is 15.1. The van der Waals surface area contributed by atoms with Crippen LogP contribution in [0.15, 0.2) is 54.2 Å². The lowest BCUT2D eigenvalue weighted by molar-refractivity contribution is -0.129. The van der Waals surface area contributed by atoms with E-state index in [2.05, 4.69) is 5.32 Å². The van der Waals surface area contributed by atoms with Gasteiger partial charge in [0.05, 0.1) is 7.11 Å². The summed E-state index contributed by atoms with van der Waals surface area (Å²) in [5.74, 6) is 0.827. The van der Waals surface area contributed by atoms with E-state index in [1.807, 2.05) is 60.5 Å². The van der Waals surface area contributed by atoms with Crippen molar-refractivity contribution in [1.29, 1.82) is 0 Å². The number of carbonyl (C=O) groups is 2. The van der Waals surface area contributed by atoms with Crippen molar-refractivity contribution in [3.05, 3.63) is 70.9 Å². The van der Waals surface area contributed by atoms with Gasteiger partial charge in [0.25, 0.3) is 5.91 Å². The fourth-order valence-electron chi connectivity index (χ4n) is 4.77. The molecule has 1 heterocycles. The maximum atomic E-state index is 13.3. The quantitative estimate of drug-likeness (QED) is 0.750. The molecule has 162 valence electrons. The van der Waals surface area contributed by atoms with Gasteiger partial charge in [0.15, 0.2) is 0 Å². The second kappa shape index (κ2) is 9.38. The Balaban J connectivity index is 1.66. The average molecular weight is 419 g/mol. The summed E-state index contributed by atoms with van der Waals surface area (Å²) >= 11 is 0. The fraction of sp³-hybridized carbons (Fsp3) is 0.385. The number of methoxy groups -OCH3 is 1. The highest BCUT2D eigenvalue weighted by Gasteiger charge is 2.29. The van der Waals surface area contributed by atoms with Crippen molar-refractivity contribution in [3.8, 4) is 5.75 Å². The molecule has 31 heavy (non-hydrogen) atoms. The highest BCUT2D eigenvalue weighted by molar-refractivity contribution is 6.10. The number of benzene rings is 2. The standard InChI is InChI=1S/C26H30N2O3/c1-28-17-20-13-14-21(31-2)16-22(20)24(19-10-4-3-5-11-19)25(28)26(30)27-23(29)15-12-18-8-6-7-9-18/h3-5,10-11,13-14,16,18H,6-9,12,15,17H2,1-2H3,(H,27,29,30). The van der Waals surface area contributed by atoms with Gasteiger partial charge in [-0.15, -0.1) is 0 Å². The molecular formula is C26H30N2O3. The van der Waals surface area contributed by atoms with Gasteiger partial charge in [-0.05, 0) is 41.2 Å². The molecule has 0 radical (unpaired) electrons. The molecule has 1 fully saturated rings. The van der Waals surface area contributed by atoms with Crippen molar-refractivity contribution in [1.82, 2.24) is 10.2 Å². The highest BCUT2D eigenvalue weighted by Crippen LogP contribution is 2.37. The van der Waals surface area contributed by atoms with Crippen LogP contribution in [0.25, 0.3) is 5.57 Å². The van der Waals surface area contributed by atoms with Crippen LogP contribution in [0.2, 0.25) is 0 Å². The minimum absolute atomic E-state index is 0.193. The van der Waals surface area contributed by atoms with Gasteiger partial charge in [-0.1, -0.05) is 62.1 Å². The molecule has 2 aromatic carbocycles. The number of fused-ring (bicyclic) bond motifs is 1. The Morgan fingerprint density at radius 2 is 1.84 bits per heavy atom. The summed E-state index contributed by atoms with van der Waals surface area (Å²) < 4.78 is 5.44. The monoisotopic (exact) mass is 418 g/mol. The lowest BCUT2D eigenvalue weighted by atomic mass is 9.88. The molecule has 2 amide bonds. The van der Waals surface area contributed by atoms with E-state index in [1.165, 1.54) is 25.7 Å². The highest BCUT2D eigenvalue weighted by atomic mass is 16.5. The van der Waals surface area contributed by atoms with Gasteiger partial charge in [-0.25, -0.2) is 0 Å². The molecule has 1 aliphatic carbocycles. The van der Waals surface area contributed by atoms with Gasteiger partial charge in [0, 0.05) is 25.6 Å². The Labute approximate surface area is 184 Å². The molecule has 0 aromatic heterocycles. The van der Waals surface area contributed by atoms with E-state index < -0.39 is 0 Å². The SMILES string of the molecule is COc1ccc2c(c1)C(c1ccccc1)=C(C(=O)NC(=O)CCC1CCCC1)N(C)C2. The number of carbonyl (C=O) groups excluding carboxylic acids is 2. The number of hydrogen-bond acceptors (Lipinski definition) is 4. The second-order valence-electron chi connectivity index (χ2n) is 8.54. The maximum absolute atomic E-state index is 13.3. The molecule has 0 atom stereocenters. The number of nitrogens with one attached hydrogen (secondary N) is 1.